The molecule has 0 aliphatic rings. The van der Waals surface area contributed by atoms with Gasteiger partial charge in [0.1, 0.15) is 11.6 Å². The number of nitrogens with one attached hydrogen (secondary N) is 1. The Morgan fingerprint density at radius 1 is 1.05 bits per heavy atom. The molecule has 0 radical (unpaired) electrons. The number of anilines is 1. The lowest BCUT2D eigenvalue weighted by molar-refractivity contribution is -0.387. The van der Waals surface area contributed by atoms with Crippen LogP contribution < -0.4 is 5.32 Å². The summed E-state index contributed by atoms with van der Waals surface area (Å²) < 4.78 is 39.4. The van der Waals surface area contributed by atoms with E-state index in [2.05, 4.69) is 5.32 Å². The minimum atomic E-state index is -0.964. The van der Waals surface area contributed by atoms with Crippen molar-refractivity contribution in [3.05, 3.63) is 69.5 Å². The van der Waals surface area contributed by atoms with E-state index in [4.69, 9.17) is 0 Å². The third-order valence-electron chi connectivity index (χ3n) is 2.62. The summed E-state index contributed by atoms with van der Waals surface area (Å²) in [5.74, 6) is -2.43. The van der Waals surface area contributed by atoms with Crippen LogP contribution in [0.3, 0.4) is 0 Å². The molecule has 0 saturated heterocycles. The molecule has 7 heteroatoms. The molecule has 0 spiro atoms. The van der Waals surface area contributed by atoms with Crippen molar-refractivity contribution in [1.29, 1.82) is 0 Å². The molecule has 0 bridgehead atoms. The van der Waals surface area contributed by atoms with Crippen molar-refractivity contribution in [3.63, 3.8) is 0 Å². The highest BCUT2D eigenvalue weighted by Gasteiger charge is 2.13. The van der Waals surface area contributed by atoms with Gasteiger partial charge >= 0.3 is 5.69 Å². The van der Waals surface area contributed by atoms with Crippen molar-refractivity contribution in [1.82, 2.24) is 0 Å². The topological polar surface area (TPSA) is 55.2 Å². The zero-order chi connectivity index (χ0) is 14.7. The third kappa shape index (κ3) is 3.05. The monoisotopic (exact) mass is 282 g/mol. The fourth-order valence-corrected chi connectivity index (χ4v) is 1.64. The predicted octanol–water partition coefficient (Wildman–Crippen LogP) is 3.62. The molecular formula is C13H9F3N2O2. The molecular weight excluding hydrogens is 273 g/mol. The molecule has 0 aliphatic carbocycles. The van der Waals surface area contributed by atoms with Crippen LogP contribution in [0.1, 0.15) is 5.56 Å². The van der Waals surface area contributed by atoms with Gasteiger partial charge in [0.2, 0.25) is 5.82 Å². The van der Waals surface area contributed by atoms with Gasteiger partial charge in [-0.05, 0) is 23.8 Å². The molecule has 104 valence electrons. The fourth-order valence-electron chi connectivity index (χ4n) is 1.64. The predicted molar refractivity (Wildman–Crippen MR) is 66.7 cm³/mol. The number of hydrogen-bond acceptors (Lipinski definition) is 3. The van der Waals surface area contributed by atoms with Gasteiger partial charge < -0.3 is 5.32 Å². The van der Waals surface area contributed by atoms with Crippen LogP contribution in [0.2, 0.25) is 0 Å². The number of nitrogens with zero attached hydrogens (tertiary/aromatic N) is 1. The van der Waals surface area contributed by atoms with Crippen LogP contribution >= 0.6 is 0 Å². The largest absolute Gasteiger partial charge is 0.379 e. The first kappa shape index (κ1) is 13.9. The van der Waals surface area contributed by atoms with Gasteiger partial charge in [0.25, 0.3) is 0 Å². The van der Waals surface area contributed by atoms with E-state index >= 15 is 0 Å². The van der Waals surface area contributed by atoms with Gasteiger partial charge in [0, 0.05) is 18.7 Å². The first-order valence-electron chi connectivity index (χ1n) is 5.59. The molecule has 2 aromatic carbocycles. The van der Waals surface area contributed by atoms with Crippen molar-refractivity contribution in [2.24, 2.45) is 0 Å². The van der Waals surface area contributed by atoms with Gasteiger partial charge in [-0.1, -0.05) is 6.07 Å². The van der Waals surface area contributed by atoms with E-state index in [1.807, 2.05) is 0 Å². The molecule has 0 aromatic heterocycles. The van der Waals surface area contributed by atoms with Gasteiger partial charge in [-0.3, -0.25) is 10.1 Å². The molecule has 0 unspecified atom stereocenters. The highest BCUT2D eigenvalue weighted by atomic mass is 19.1. The summed E-state index contributed by atoms with van der Waals surface area (Å²) in [7, 11) is 0. The summed E-state index contributed by atoms with van der Waals surface area (Å²) >= 11 is 0. The summed E-state index contributed by atoms with van der Waals surface area (Å²) in [4.78, 5) is 9.63. The quantitative estimate of drug-likeness (QED) is 0.688. The van der Waals surface area contributed by atoms with E-state index in [-0.39, 0.29) is 12.2 Å². The Morgan fingerprint density at radius 2 is 1.80 bits per heavy atom. The number of halogens is 3. The van der Waals surface area contributed by atoms with E-state index in [1.54, 1.807) is 0 Å². The Hall–Kier alpha value is -2.57. The molecule has 4 nitrogen and oxygen atoms in total. The Balaban J connectivity index is 2.11. The second-order valence-electron chi connectivity index (χ2n) is 4.02. The Bertz CT molecular complexity index is 662. The number of rotatable bonds is 4. The van der Waals surface area contributed by atoms with E-state index in [0.717, 1.165) is 24.3 Å². The minimum absolute atomic E-state index is 0.0530. The maximum Gasteiger partial charge on any atom is 0.304 e. The molecule has 1 N–H and O–H groups in total. The van der Waals surface area contributed by atoms with E-state index in [0.29, 0.717) is 5.56 Å². The maximum atomic E-state index is 13.4. The molecule has 2 rings (SSSR count). The highest BCUT2D eigenvalue weighted by molar-refractivity contribution is 5.45. The Morgan fingerprint density at radius 3 is 2.40 bits per heavy atom. The zero-order valence-corrected chi connectivity index (χ0v) is 10.1. The minimum Gasteiger partial charge on any atom is -0.379 e. The third-order valence-corrected chi connectivity index (χ3v) is 2.62. The summed E-state index contributed by atoms with van der Waals surface area (Å²) in [6.45, 7) is 0.0530. The van der Waals surface area contributed by atoms with E-state index in [1.165, 1.54) is 12.1 Å². The molecule has 0 amide bonds. The number of benzene rings is 2. The molecule has 0 atom stereocenters. The lowest BCUT2D eigenvalue weighted by Gasteiger charge is -2.07. The van der Waals surface area contributed by atoms with Crippen molar-refractivity contribution >= 4 is 11.4 Å². The van der Waals surface area contributed by atoms with Crippen molar-refractivity contribution in [2.45, 2.75) is 6.54 Å². The van der Waals surface area contributed by atoms with Crippen LogP contribution in [-0.2, 0) is 6.54 Å². The fraction of sp³-hybridized carbons (Fsp3) is 0.0769. The number of nitro benzene ring substituents is 1. The van der Waals surface area contributed by atoms with Crippen LogP contribution in [0.15, 0.2) is 36.4 Å². The average molecular weight is 282 g/mol. The van der Waals surface area contributed by atoms with Crippen molar-refractivity contribution < 1.29 is 18.1 Å². The van der Waals surface area contributed by atoms with Gasteiger partial charge in [0.05, 0.1) is 10.6 Å². The smallest absolute Gasteiger partial charge is 0.304 e. The second-order valence-corrected chi connectivity index (χ2v) is 4.02. The van der Waals surface area contributed by atoms with E-state index in [9.17, 15) is 23.3 Å². The summed E-state index contributed by atoms with van der Waals surface area (Å²) in [5, 5.41) is 13.1. The van der Waals surface area contributed by atoms with Crippen molar-refractivity contribution in [3.8, 4) is 0 Å². The van der Waals surface area contributed by atoms with Crippen LogP contribution in [-0.4, -0.2) is 4.92 Å². The average Bonchev–Trinajstić information content (AvgIpc) is 2.37. The van der Waals surface area contributed by atoms with Gasteiger partial charge in [-0.2, -0.15) is 4.39 Å². The summed E-state index contributed by atoms with van der Waals surface area (Å²) in [5.41, 5.74) is -0.163. The normalized spacial score (nSPS) is 10.3. The number of nitro groups is 1. The first-order valence-corrected chi connectivity index (χ1v) is 5.59. The first-order chi connectivity index (χ1) is 9.47. The molecule has 0 aliphatic heterocycles. The van der Waals surface area contributed by atoms with Crippen LogP contribution in [0, 0.1) is 27.6 Å². The van der Waals surface area contributed by atoms with Gasteiger partial charge in [-0.15, -0.1) is 0 Å². The molecule has 2 aromatic rings. The van der Waals surface area contributed by atoms with Crippen LogP contribution in [0.25, 0.3) is 0 Å². The lowest BCUT2D eigenvalue weighted by atomic mass is 10.2. The summed E-state index contributed by atoms with van der Waals surface area (Å²) in [6, 6.07) is 6.41. The highest BCUT2D eigenvalue weighted by Crippen LogP contribution is 2.20. The van der Waals surface area contributed by atoms with Gasteiger partial charge in [-0.25, -0.2) is 8.78 Å². The van der Waals surface area contributed by atoms with Crippen LogP contribution in [0.4, 0.5) is 24.5 Å². The molecule has 0 saturated carbocycles. The molecule has 20 heavy (non-hydrogen) atoms. The lowest BCUT2D eigenvalue weighted by Crippen LogP contribution is -2.03. The standard InChI is InChI=1S/C13H9F3N2O2/c14-9-2-3-12(10(15)6-9)17-7-8-1-4-13(18(19)20)11(16)5-8/h1-6,17H,7H2. The zero-order valence-electron chi connectivity index (χ0n) is 10.1. The van der Waals surface area contributed by atoms with Crippen molar-refractivity contribution in [2.75, 3.05) is 5.32 Å². The van der Waals surface area contributed by atoms with Gasteiger partial charge in [0.15, 0.2) is 0 Å². The number of hydrogen-bond donors (Lipinski definition) is 1. The molecule has 0 heterocycles. The maximum absolute atomic E-state index is 13.4. The van der Waals surface area contributed by atoms with Crippen LogP contribution in [0.5, 0.6) is 0 Å². The van der Waals surface area contributed by atoms with E-state index < -0.39 is 28.1 Å². The molecule has 0 fully saturated rings. The second kappa shape index (κ2) is 5.60. The summed E-state index contributed by atoms with van der Waals surface area (Å²) in [6.07, 6.45) is 0. The SMILES string of the molecule is O=[N+]([O-])c1ccc(CNc2ccc(F)cc2F)cc1F. The Labute approximate surface area is 112 Å². The Kier molecular flexibility index (Phi) is 3.88.